The van der Waals surface area contributed by atoms with Crippen LogP contribution in [0.5, 0.6) is 0 Å². The summed E-state index contributed by atoms with van der Waals surface area (Å²) < 4.78 is 45.0. The summed E-state index contributed by atoms with van der Waals surface area (Å²) in [5.41, 5.74) is 0.569. The van der Waals surface area contributed by atoms with Crippen LogP contribution in [0.2, 0.25) is 0 Å². The van der Waals surface area contributed by atoms with Gasteiger partial charge in [0.05, 0.1) is 6.26 Å². The number of rotatable bonds is 8. The number of oxime groups is 1. The molecule has 0 atom stereocenters. The van der Waals surface area contributed by atoms with Crippen molar-refractivity contribution in [1.82, 2.24) is 10.1 Å². The molecule has 0 radical (unpaired) electrons. The van der Waals surface area contributed by atoms with Gasteiger partial charge in [-0.3, -0.25) is 4.18 Å². The molecule has 0 N–H and O–H groups in total. The van der Waals surface area contributed by atoms with Crippen LogP contribution >= 0.6 is 0 Å². The van der Waals surface area contributed by atoms with Crippen molar-refractivity contribution >= 4 is 15.8 Å². The third kappa shape index (κ3) is 5.39. The van der Waals surface area contributed by atoms with E-state index in [1.165, 1.54) is 24.3 Å². The molecule has 0 bridgehead atoms. The molecule has 0 saturated carbocycles. The average Bonchev–Trinajstić information content (AvgIpc) is 3.00. The van der Waals surface area contributed by atoms with E-state index in [9.17, 15) is 12.8 Å². The van der Waals surface area contributed by atoms with Crippen molar-refractivity contribution in [3.8, 4) is 11.4 Å². The molecular weight excluding hydrogens is 341 g/mol. The van der Waals surface area contributed by atoms with Crippen LogP contribution in [0.15, 0.2) is 33.9 Å². The second kappa shape index (κ2) is 7.97. The molecule has 10 heteroatoms. The van der Waals surface area contributed by atoms with Crippen LogP contribution in [0.1, 0.15) is 19.2 Å². The molecule has 130 valence electrons. The smallest absolute Gasteiger partial charge is 0.278 e. The van der Waals surface area contributed by atoms with Gasteiger partial charge in [0.2, 0.25) is 5.82 Å². The van der Waals surface area contributed by atoms with Crippen LogP contribution < -0.4 is 0 Å². The van der Waals surface area contributed by atoms with Gasteiger partial charge >= 0.3 is 0 Å². The summed E-state index contributed by atoms with van der Waals surface area (Å²) in [7, 11) is -3.68. The van der Waals surface area contributed by atoms with Gasteiger partial charge in [-0.2, -0.15) is 13.4 Å². The lowest BCUT2D eigenvalue weighted by Crippen LogP contribution is -2.15. The Bertz CT molecular complexity index is 802. The minimum Gasteiger partial charge on any atom is -0.395 e. The van der Waals surface area contributed by atoms with Crippen LogP contribution in [0.4, 0.5) is 4.39 Å². The van der Waals surface area contributed by atoms with Crippen LogP contribution in [0, 0.1) is 5.82 Å². The lowest BCUT2D eigenvalue weighted by Gasteiger charge is -2.02. The summed E-state index contributed by atoms with van der Waals surface area (Å²) in [6, 6.07) is 5.50. The normalized spacial score (nSPS) is 12.4. The Morgan fingerprint density at radius 1 is 1.33 bits per heavy atom. The fourth-order valence-corrected chi connectivity index (χ4v) is 1.89. The maximum Gasteiger partial charge on any atom is 0.278 e. The summed E-state index contributed by atoms with van der Waals surface area (Å²) in [4.78, 5) is 9.14. The molecule has 0 aliphatic rings. The van der Waals surface area contributed by atoms with Crippen LogP contribution in [-0.2, 0) is 19.1 Å². The highest BCUT2D eigenvalue weighted by Crippen LogP contribution is 2.16. The van der Waals surface area contributed by atoms with E-state index in [0.717, 1.165) is 6.26 Å². The van der Waals surface area contributed by atoms with E-state index in [2.05, 4.69) is 15.3 Å². The molecule has 0 amide bonds. The van der Waals surface area contributed by atoms with E-state index in [-0.39, 0.29) is 23.2 Å². The molecule has 0 fully saturated rings. The molecule has 0 aliphatic heterocycles. The molecule has 1 aromatic heterocycles. The zero-order chi connectivity index (χ0) is 17.6. The van der Waals surface area contributed by atoms with Crippen molar-refractivity contribution < 1.29 is 26.4 Å². The molecule has 1 heterocycles. The van der Waals surface area contributed by atoms with Gasteiger partial charge in [0, 0.05) is 5.56 Å². The summed E-state index contributed by atoms with van der Waals surface area (Å²) in [5, 5.41) is 7.54. The van der Waals surface area contributed by atoms with Crippen LogP contribution in [-0.4, -0.2) is 43.7 Å². The minimum absolute atomic E-state index is 0.0368. The van der Waals surface area contributed by atoms with E-state index in [1.807, 2.05) is 6.92 Å². The van der Waals surface area contributed by atoms with E-state index >= 15 is 0 Å². The quantitative estimate of drug-likeness (QED) is 0.308. The zero-order valence-electron chi connectivity index (χ0n) is 13.1. The van der Waals surface area contributed by atoms with E-state index in [4.69, 9.17) is 13.5 Å². The fourth-order valence-electron chi connectivity index (χ4n) is 1.56. The van der Waals surface area contributed by atoms with Gasteiger partial charge in [-0.1, -0.05) is 17.2 Å². The van der Waals surface area contributed by atoms with Gasteiger partial charge in [0.25, 0.3) is 16.0 Å². The van der Waals surface area contributed by atoms with Gasteiger partial charge < -0.3 is 9.36 Å². The monoisotopic (exact) mass is 357 g/mol. The topological polar surface area (TPSA) is 104 Å². The third-order valence-electron chi connectivity index (χ3n) is 2.66. The Morgan fingerprint density at radius 3 is 2.67 bits per heavy atom. The van der Waals surface area contributed by atoms with Crippen molar-refractivity contribution in [1.29, 1.82) is 0 Å². The molecule has 0 spiro atoms. The Morgan fingerprint density at radius 2 is 2.04 bits per heavy atom. The van der Waals surface area contributed by atoms with Crippen molar-refractivity contribution in [2.75, 3.05) is 19.5 Å². The largest absolute Gasteiger partial charge is 0.395 e. The summed E-state index contributed by atoms with van der Waals surface area (Å²) >= 11 is 0. The Labute approximate surface area is 138 Å². The highest BCUT2D eigenvalue weighted by Gasteiger charge is 2.18. The molecule has 0 saturated heterocycles. The van der Waals surface area contributed by atoms with Gasteiger partial charge in [-0.15, -0.1) is 0 Å². The lowest BCUT2D eigenvalue weighted by molar-refractivity contribution is 0.142. The van der Waals surface area contributed by atoms with Crippen LogP contribution in [0.3, 0.4) is 0 Å². The van der Waals surface area contributed by atoms with E-state index < -0.39 is 16.7 Å². The molecule has 2 rings (SSSR count). The summed E-state index contributed by atoms with van der Waals surface area (Å²) in [6.45, 7) is 1.82. The van der Waals surface area contributed by atoms with Crippen molar-refractivity contribution in [2.24, 2.45) is 5.16 Å². The van der Waals surface area contributed by atoms with Gasteiger partial charge in [-0.25, -0.2) is 4.39 Å². The number of nitrogens with zero attached hydrogens (tertiary/aromatic N) is 3. The Balaban J connectivity index is 2.22. The van der Waals surface area contributed by atoms with Gasteiger partial charge in [0.1, 0.15) is 19.0 Å². The minimum atomic E-state index is -3.68. The number of benzene rings is 1. The maximum atomic E-state index is 12.9. The summed E-state index contributed by atoms with van der Waals surface area (Å²) in [6.07, 6.45) is 1.63. The highest BCUT2D eigenvalue weighted by atomic mass is 32.2. The second-order valence-corrected chi connectivity index (χ2v) is 6.41. The number of aromatic nitrogens is 2. The average molecular weight is 357 g/mol. The molecular formula is C14H16FN3O5S. The second-order valence-electron chi connectivity index (χ2n) is 4.77. The zero-order valence-corrected chi connectivity index (χ0v) is 13.9. The molecule has 1 aromatic carbocycles. The standard InChI is InChI=1S/C14H16FN3O5S/c1-3-8-21-17-12(9-22-24(2,19)20)14-16-13(18-23-14)10-4-6-11(15)7-5-10/h4-7H,3,8-9H2,1-2H3. The molecule has 0 aliphatic carbocycles. The molecule has 0 unspecified atom stereocenters. The highest BCUT2D eigenvalue weighted by molar-refractivity contribution is 7.86. The van der Waals surface area contributed by atoms with E-state index in [1.54, 1.807) is 0 Å². The van der Waals surface area contributed by atoms with Gasteiger partial charge in [-0.05, 0) is 30.7 Å². The first-order chi connectivity index (χ1) is 11.4. The maximum absolute atomic E-state index is 12.9. The number of hydrogen-bond acceptors (Lipinski definition) is 8. The predicted octanol–water partition coefficient (Wildman–Crippen LogP) is 1.98. The first kappa shape index (κ1) is 18.0. The Hall–Kier alpha value is -2.33. The van der Waals surface area contributed by atoms with Crippen molar-refractivity contribution in [2.45, 2.75) is 13.3 Å². The fraction of sp³-hybridized carbons (Fsp3) is 0.357. The Kier molecular flexibility index (Phi) is 5.99. The first-order valence-corrected chi connectivity index (χ1v) is 8.84. The number of halogens is 1. The van der Waals surface area contributed by atoms with Crippen molar-refractivity contribution in [3.05, 3.63) is 36.0 Å². The molecule has 8 nitrogen and oxygen atoms in total. The van der Waals surface area contributed by atoms with Crippen LogP contribution in [0.25, 0.3) is 11.4 Å². The first-order valence-electron chi connectivity index (χ1n) is 7.02. The predicted molar refractivity (Wildman–Crippen MR) is 83.3 cm³/mol. The van der Waals surface area contributed by atoms with E-state index in [0.29, 0.717) is 18.6 Å². The SMILES string of the molecule is CCCON=C(COS(C)(=O)=O)c1nc(-c2ccc(F)cc2)no1. The number of hydrogen-bond donors (Lipinski definition) is 0. The lowest BCUT2D eigenvalue weighted by atomic mass is 10.2. The third-order valence-corrected chi connectivity index (χ3v) is 3.20. The molecule has 24 heavy (non-hydrogen) atoms. The molecule has 2 aromatic rings. The van der Waals surface area contributed by atoms with Gasteiger partial charge in [0.15, 0.2) is 5.71 Å². The summed E-state index contributed by atoms with van der Waals surface area (Å²) in [5.74, 6) is -0.235. The van der Waals surface area contributed by atoms with Crippen molar-refractivity contribution in [3.63, 3.8) is 0 Å².